The first-order chi connectivity index (χ1) is 10.5. The van der Waals surface area contributed by atoms with Gasteiger partial charge in [-0.25, -0.2) is 17.8 Å². The fourth-order valence-corrected chi connectivity index (χ4v) is 5.04. The first-order valence-electron chi connectivity index (χ1n) is 7.61. The van der Waals surface area contributed by atoms with Crippen molar-refractivity contribution in [1.29, 1.82) is 0 Å². The highest BCUT2D eigenvalue weighted by Gasteiger charge is 2.39. The summed E-state index contributed by atoms with van der Waals surface area (Å²) in [7, 11) is -2.90. The number of nitrogens with one attached hydrogen (secondary N) is 1. The quantitative estimate of drug-likeness (QED) is 0.932. The van der Waals surface area contributed by atoms with Crippen LogP contribution in [0, 0.1) is 5.82 Å². The molecule has 1 aromatic heterocycles. The van der Waals surface area contributed by atoms with Crippen molar-refractivity contribution >= 4 is 20.9 Å². The highest BCUT2D eigenvalue weighted by Crippen LogP contribution is 2.33. The Bertz CT molecular complexity index is 813. The van der Waals surface area contributed by atoms with Gasteiger partial charge in [0, 0.05) is 12.1 Å². The number of sulfone groups is 1. The summed E-state index contributed by atoms with van der Waals surface area (Å²) in [5, 5.41) is 0. The van der Waals surface area contributed by atoms with E-state index in [1.165, 1.54) is 6.07 Å². The molecule has 0 bridgehead atoms. The van der Waals surface area contributed by atoms with Crippen LogP contribution in [-0.4, -0.2) is 46.9 Å². The molecule has 1 aromatic carbocycles. The lowest BCUT2D eigenvalue weighted by molar-refractivity contribution is 0.189. The molecular weight excluding hydrogens is 305 g/mol. The molecular formula is C15H18FN3O2S. The van der Waals surface area contributed by atoms with E-state index < -0.39 is 9.84 Å². The SMILES string of the molecule is O=S1(=O)CC[C@H](N(Cc2nc3c(F)cccc3[nH]2)C2CC2)C1. The molecule has 0 amide bonds. The number of hydrogen-bond donors (Lipinski definition) is 1. The monoisotopic (exact) mass is 323 g/mol. The van der Waals surface area contributed by atoms with Gasteiger partial charge >= 0.3 is 0 Å². The molecule has 2 aliphatic rings. The molecule has 4 rings (SSSR count). The molecule has 2 fully saturated rings. The second-order valence-corrected chi connectivity index (χ2v) is 8.51. The van der Waals surface area contributed by atoms with Gasteiger partial charge in [0.25, 0.3) is 0 Å². The fourth-order valence-electron chi connectivity index (χ4n) is 3.30. The molecule has 7 heteroatoms. The van der Waals surface area contributed by atoms with E-state index in [4.69, 9.17) is 0 Å². The van der Waals surface area contributed by atoms with Gasteiger partial charge in [-0.05, 0) is 31.4 Å². The number of aromatic nitrogens is 2. The third kappa shape index (κ3) is 2.63. The lowest BCUT2D eigenvalue weighted by atomic mass is 10.2. The van der Waals surface area contributed by atoms with Crippen LogP contribution in [0.3, 0.4) is 0 Å². The summed E-state index contributed by atoms with van der Waals surface area (Å²) in [5.41, 5.74) is 1.04. The van der Waals surface area contributed by atoms with Crippen LogP contribution < -0.4 is 0 Å². The van der Waals surface area contributed by atoms with Crippen LogP contribution in [0.25, 0.3) is 11.0 Å². The molecule has 2 heterocycles. The van der Waals surface area contributed by atoms with Crippen molar-refractivity contribution in [3.05, 3.63) is 29.8 Å². The maximum absolute atomic E-state index is 13.7. The zero-order valence-electron chi connectivity index (χ0n) is 12.1. The molecule has 5 nitrogen and oxygen atoms in total. The minimum absolute atomic E-state index is 0.0653. The van der Waals surface area contributed by atoms with E-state index in [9.17, 15) is 12.8 Å². The van der Waals surface area contributed by atoms with Crippen molar-refractivity contribution in [3.8, 4) is 0 Å². The maximum Gasteiger partial charge on any atom is 0.151 e. The molecule has 1 saturated carbocycles. The Kier molecular flexibility index (Phi) is 3.23. The van der Waals surface area contributed by atoms with Crippen LogP contribution in [-0.2, 0) is 16.4 Å². The molecule has 0 radical (unpaired) electrons. The van der Waals surface area contributed by atoms with Crippen molar-refractivity contribution in [2.24, 2.45) is 0 Å². The molecule has 1 aliphatic heterocycles. The third-order valence-electron chi connectivity index (χ3n) is 4.54. The molecule has 118 valence electrons. The zero-order chi connectivity index (χ0) is 15.3. The summed E-state index contributed by atoms with van der Waals surface area (Å²) >= 11 is 0. The van der Waals surface area contributed by atoms with Gasteiger partial charge in [-0.3, -0.25) is 4.90 Å². The predicted molar refractivity (Wildman–Crippen MR) is 81.7 cm³/mol. The van der Waals surface area contributed by atoms with Gasteiger partial charge in [0.15, 0.2) is 15.7 Å². The molecule has 1 aliphatic carbocycles. The summed E-state index contributed by atoms with van der Waals surface area (Å²) in [6.07, 6.45) is 2.89. The number of H-pyrrole nitrogens is 1. The summed E-state index contributed by atoms with van der Waals surface area (Å²) in [6, 6.07) is 5.36. The molecule has 0 spiro atoms. The molecule has 22 heavy (non-hydrogen) atoms. The number of benzene rings is 1. The summed E-state index contributed by atoms with van der Waals surface area (Å²) in [5.74, 6) is 0.881. The van der Waals surface area contributed by atoms with Crippen LogP contribution in [0.2, 0.25) is 0 Å². The number of halogens is 1. The highest BCUT2D eigenvalue weighted by molar-refractivity contribution is 7.91. The number of nitrogens with zero attached hydrogens (tertiary/aromatic N) is 2. The van der Waals surface area contributed by atoms with E-state index in [2.05, 4.69) is 14.9 Å². The molecule has 1 N–H and O–H groups in total. The first-order valence-corrected chi connectivity index (χ1v) is 9.43. The first kappa shape index (κ1) is 14.1. The van der Waals surface area contributed by atoms with E-state index >= 15 is 0 Å². The summed E-state index contributed by atoms with van der Waals surface area (Å²) in [6.45, 7) is 0.555. The second-order valence-electron chi connectivity index (χ2n) is 6.28. The minimum Gasteiger partial charge on any atom is -0.341 e. The van der Waals surface area contributed by atoms with Gasteiger partial charge < -0.3 is 4.98 Å². The molecule has 0 unspecified atom stereocenters. The van der Waals surface area contributed by atoms with Crippen molar-refractivity contribution < 1.29 is 12.8 Å². The van der Waals surface area contributed by atoms with Crippen molar-refractivity contribution in [2.45, 2.75) is 37.9 Å². The van der Waals surface area contributed by atoms with Gasteiger partial charge in [0.1, 0.15) is 11.3 Å². The van der Waals surface area contributed by atoms with Gasteiger partial charge in [-0.2, -0.15) is 0 Å². The molecule has 1 atom stereocenters. The topological polar surface area (TPSA) is 66.1 Å². The molecule has 2 aromatic rings. The standard InChI is InChI=1S/C15H18FN3O2S/c16-12-2-1-3-13-15(12)18-14(17-13)8-19(10-4-5-10)11-6-7-22(20,21)9-11/h1-3,10-11H,4-9H2,(H,17,18)/t11-/m0/s1. The molecule has 1 saturated heterocycles. The fraction of sp³-hybridized carbons (Fsp3) is 0.533. The Morgan fingerprint density at radius 2 is 2.09 bits per heavy atom. The van der Waals surface area contributed by atoms with Crippen LogP contribution in [0.5, 0.6) is 0 Å². The van der Waals surface area contributed by atoms with Crippen LogP contribution in [0.1, 0.15) is 25.1 Å². The normalized spacial score (nSPS) is 24.4. The van der Waals surface area contributed by atoms with Gasteiger partial charge in [-0.15, -0.1) is 0 Å². The van der Waals surface area contributed by atoms with Crippen molar-refractivity contribution in [1.82, 2.24) is 14.9 Å². The third-order valence-corrected chi connectivity index (χ3v) is 6.29. The zero-order valence-corrected chi connectivity index (χ0v) is 12.9. The Labute approximate surface area is 128 Å². The van der Waals surface area contributed by atoms with Crippen LogP contribution in [0.15, 0.2) is 18.2 Å². The van der Waals surface area contributed by atoms with E-state index in [1.54, 1.807) is 12.1 Å². The summed E-state index contributed by atoms with van der Waals surface area (Å²) in [4.78, 5) is 9.74. The van der Waals surface area contributed by atoms with E-state index in [0.29, 0.717) is 35.9 Å². The number of para-hydroxylation sites is 1. The lowest BCUT2D eigenvalue weighted by Gasteiger charge is -2.26. The Balaban J connectivity index is 1.60. The Hall–Kier alpha value is -1.47. The number of imidazole rings is 1. The number of hydrogen-bond acceptors (Lipinski definition) is 4. The van der Waals surface area contributed by atoms with Gasteiger partial charge in [0.05, 0.1) is 23.6 Å². The smallest absolute Gasteiger partial charge is 0.151 e. The van der Waals surface area contributed by atoms with Gasteiger partial charge in [0.2, 0.25) is 0 Å². The summed E-state index contributed by atoms with van der Waals surface area (Å²) < 4.78 is 37.2. The second kappa shape index (κ2) is 5.03. The lowest BCUT2D eigenvalue weighted by Crippen LogP contribution is -2.37. The van der Waals surface area contributed by atoms with E-state index in [0.717, 1.165) is 12.8 Å². The largest absolute Gasteiger partial charge is 0.341 e. The number of fused-ring (bicyclic) bond motifs is 1. The number of aromatic amines is 1. The van der Waals surface area contributed by atoms with E-state index in [1.807, 2.05) is 0 Å². The van der Waals surface area contributed by atoms with E-state index in [-0.39, 0.29) is 23.4 Å². The number of rotatable bonds is 4. The average molecular weight is 323 g/mol. The Morgan fingerprint density at radius 3 is 2.73 bits per heavy atom. The van der Waals surface area contributed by atoms with Crippen molar-refractivity contribution in [3.63, 3.8) is 0 Å². The van der Waals surface area contributed by atoms with Gasteiger partial charge in [-0.1, -0.05) is 6.07 Å². The predicted octanol–water partition coefficient (Wildman–Crippen LogP) is 1.85. The average Bonchev–Trinajstić information content (AvgIpc) is 3.11. The van der Waals surface area contributed by atoms with Crippen LogP contribution in [0.4, 0.5) is 4.39 Å². The van der Waals surface area contributed by atoms with Crippen molar-refractivity contribution in [2.75, 3.05) is 11.5 Å². The maximum atomic E-state index is 13.7. The Morgan fingerprint density at radius 1 is 1.27 bits per heavy atom. The van der Waals surface area contributed by atoms with Crippen LogP contribution >= 0.6 is 0 Å². The minimum atomic E-state index is -2.90. The highest BCUT2D eigenvalue weighted by atomic mass is 32.2.